The largest absolute Gasteiger partial charge is 0.224 e. The number of benzene rings is 1. The van der Waals surface area contributed by atoms with Gasteiger partial charge in [-0.15, -0.1) is 0 Å². The van der Waals surface area contributed by atoms with Crippen LogP contribution in [0.4, 0.5) is 0 Å². The number of hydrogen-bond acceptors (Lipinski definition) is 4. The monoisotopic (exact) mass is 277 g/mol. The molecule has 1 rings (SSSR count). The molecular formula is C10H15NO4S2. The lowest BCUT2D eigenvalue weighted by Gasteiger charge is -2.24. The van der Waals surface area contributed by atoms with Crippen LogP contribution < -0.4 is 0 Å². The second-order valence-corrected chi connectivity index (χ2v) is 7.79. The van der Waals surface area contributed by atoms with Crippen molar-refractivity contribution in [3.8, 4) is 0 Å². The molecule has 0 aliphatic rings. The van der Waals surface area contributed by atoms with Crippen molar-refractivity contribution >= 4 is 20.0 Å². The van der Waals surface area contributed by atoms with Crippen LogP contribution in [0.1, 0.15) is 18.5 Å². The lowest BCUT2D eigenvalue weighted by atomic mass is 10.1. The van der Waals surface area contributed by atoms with E-state index in [0.717, 1.165) is 12.5 Å². The molecule has 0 N–H and O–H groups in total. The molecule has 0 bridgehead atoms. The van der Waals surface area contributed by atoms with Crippen LogP contribution in [0.5, 0.6) is 0 Å². The molecule has 7 heteroatoms. The van der Waals surface area contributed by atoms with Crippen LogP contribution in [0.15, 0.2) is 30.3 Å². The third-order valence-electron chi connectivity index (χ3n) is 2.25. The second kappa shape index (κ2) is 4.75. The summed E-state index contributed by atoms with van der Waals surface area (Å²) < 4.78 is 46.7. The van der Waals surface area contributed by atoms with Gasteiger partial charge in [0.1, 0.15) is 0 Å². The normalized spacial score (nSPS) is 14.8. The molecule has 1 aromatic rings. The van der Waals surface area contributed by atoms with Gasteiger partial charge in [0, 0.05) is 0 Å². The Balaban J connectivity index is 3.28. The molecule has 0 saturated carbocycles. The highest BCUT2D eigenvalue weighted by Gasteiger charge is 2.32. The van der Waals surface area contributed by atoms with Crippen LogP contribution >= 0.6 is 0 Å². The van der Waals surface area contributed by atoms with Crippen molar-refractivity contribution < 1.29 is 16.8 Å². The molecular weight excluding hydrogens is 262 g/mol. The standard InChI is InChI=1S/C10H15NO4S2/c1-9(10-7-5-4-6-8-10)11(16(2,12)13)17(3,14)15/h4-9H,1-3H3/t9-/m0/s1. The maximum Gasteiger partial charge on any atom is 0.224 e. The average Bonchev–Trinajstić information content (AvgIpc) is 2.14. The van der Waals surface area contributed by atoms with Crippen molar-refractivity contribution in [1.82, 2.24) is 3.71 Å². The van der Waals surface area contributed by atoms with Crippen molar-refractivity contribution in [1.29, 1.82) is 0 Å². The van der Waals surface area contributed by atoms with E-state index in [1.165, 1.54) is 6.92 Å². The average molecular weight is 277 g/mol. The molecule has 0 saturated heterocycles. The minimum atomic E-state index is -3.82. The molecule has 96 valence electrons. The Hall–Kier alpha value is -0.920. The van der Waals surface area contributed by atoms with Gasteiger partial charge in [-0.3, -0.25) is 0 Å². The summed E-state index contributed by atoms with van der Waals surface area (Å²) in [6.45, 7) is 1.54. The summed E-state index contributed by atoms with van der Waals surface area (Å²) in [5, 5.41) is 0. The van der Waals surface area contributed by atoms with Gasteiger partial charge in [0.15, 0.2) is 0 Å². The van der Waals surface area contributed by atoms with Crippen molar-refractivity contribution in [2.45, 2.75) is 13.0 Å². The van der Waals surface area contributed by atoms with E-state index >= 15 is 0 Å². The molecule has 0 unspecified atom stereocenters. The van der Waals surface area contributed by atoms with Crippen molar-refractivity contribution in [2.24, 2.45) is 0 Å². The van der Waals surface area contributed by atoms with Gasteiger partial charge in [0.05, 0.1) is 18.6 Å². The van der Waals surface area contributed by atoms with E-state index in [-0.39, 0.29) is 0 Å². The zero-order valence-electron chi connectivity index (χ0n) is 9.86. The smallest absolute Gasteiger partial charge is 0.212 e. The maximum atomic E-state index is 11.5. The van der Waals surface area contributed by atoms with Crippen LogP contribution in [-0.4, -0.2) is 33.1 Å². The fraction of sp³-hybridized carbons (Fsp3) is 0.400. The predicted molar refractivity (Wildman–Crippen MR) is 66.4 cm³/mol. The van der Waals surface area contributed by atoms with Crippen LogP contribution in [-0.2, 0) is 20.0 Å². The highest BCUT2D eigenvalue weighted by molar-refractivity contribution is 8.03. The van der Waals surface area contributed by atoms with Gasteiger partial charge in [-0.25, -0.2) is 16.8 Å². The van der Waals surface area contributed by atoms with E-state index in [4.69, 9.17) is 0 Å². The van der Waals surface area contributed by atoms with Crippen molar-refractivity contribution in [3.63, 3.8) is 0 Å². The fourth-order valence-corrected chi connectivity index (χ4v) is 5.03. The summed E-state index contributed by atoms with van der Waals surface area (Å²) in [6, 6.07) is 7.87. The minimum Gasteiger partial charge on any atom is -0.212 e. The fourth-order valence-electron chi connectivity index (χ4n) is 1.67. The molecule has 0 amide bonds. The first-order valence-electron chi connectivity index (χ1n) is 4.88. The van der Waals surface area contributed by atoms with E-state index in [1.54, 1.807) is 30.3 Å². The lowest BCUT2D eigenvalue weighted by molar-refractivity contribution is 0.455. The molecule has 1 aromatic carbocycles. The van der Waals surface area contributed by atoms with E-state index in [9.17, 15) is 16.8 Å². The molecule has 0 aliphatic carbocycles. The van der Waals surface area contributed by atoms with E-state index in [0.29, 0.717) is 9.27 Å². The first kappa shape index (κ1) is 14.1. The summed E-state index contributed by atoms with van der Waals surface area (Å²) in [5.74, 6) is 0. The van der Waals surface area contributed by atoms with Gasteiger partial charge < -0.3 is 0 Å². The van der Waals surface area contributed by atoms with E-state index in [2.05, 4.69) is 0 Å². The Morgan fingerprint density at radius 1 is 0.941 bits per heavy atom. The third-order valence-corrected chi connectivity index (χ3v) is 5.82. The highest BCUT2D eigenvalue weighted by atomic mass is 32.3. The van der Waals surface area contributed by atoms with Crippen LogP contribution in [0.3, 0.4) is 0 Å². The minimum absolute atomic E-state index is 0.523. The Kier molecular flexibility index (Phi) is 3.95. The Bertz CT molecular complexity index is 546. The van der Waals surface area contributed by atoms with Crippen LogP contribution in [0, 0.1) is 0 Å². The van der Waals surface area contributed by atoms with Gasteiger partial charge >= 0.3 is 0 Å². The molecule has 0 radical (unpaired) electrons. The van der Waals surface area contributed by atoms with Crippen LogP contribution in [0.25, 0.3) is 0 Å². The van der Waals surface area contributed by atoms with Crippen LogP contribution in [0.2, 0.25) is 0 Å². The maximum absolute atomic E-state index is 11.5. The quantitative estimate of drug-likeness (QED) is 0.822. The Labute approximate surface area is 102 Å². The topological polar surface area (TPSA) is 71.5 Å². The first-order chi connectivity index (χ1) is 7.64. The summed E-state index contributed by atoms with van der Waals surface area (Å²) >= 11 is 0. The molecule has 0 fully saturated rings. The molecule has 17 heavy (non-hydrogen) atoms. The highest BCUT2D eigenvalue weighted by Crippen LogP contribution is 2.25. The van der Waals surface area contributed by atoms with Gasteiger partial charge in [0.2, 0.25) is 20.0 Å². The summed E-state index contributed by atoms with van der Waals surface area (Å²) in [5.41, 5.74) is 0.628. The molecule has 5 nitrogen and oxygen atoms in total. The Morgan fingerprint density at radius 3 is 1.71 bits per heavy atom. The Morgan fingerprint density at radius 2 is 1.35 bits per heavy atom. The number of hydrogen-bond donors (Lipinski definition) is 0. The van der Waals surface area contributed by atoms with Gasteiger partial charge in [-0.1, -0.05) is 34.0 Å². The third kappa shape index (κ3) is 3.52. The summed E-state index contributed by atoms with van der Waals surface area (Å²) in [6.07, 6.45) is 1.76. The first-order valence-corrected chi connectivity index (χ1v) is 8.58. The molecule has 0 heterocycles. The summed E-state index contributed by atoms with van der Waals surface area (Å²) in [7, 11) is -7.65. The zero-order chi connectivity index (χ0) is 13.3. The second-order valence-electron chi connectivity index (χ2n) is 3.84. The SMILES string of the molecule is C[C@@H](c1ccccc1)N(S(C)(=O)=O)S(C)(=O)=O. The van der Waals surface area contributed by atoms with Gasteiger partial charge in [0.25, 0.3) is 0 Å². The van der Waals surface area contributed by atoms with E-state index < -0.39 is 26.1 Å². The number of nitrogens with zero attached hydrogens (tertiary/aromatic N) is 1. The van der Waals surface area contributed by atoms with Crippen molar-refractivity contribution in [3.05, 3.63) is 35.9 Å². The number of sulfonamides is 2. The predicted octanol–water partition coefficient (Wildman–Crippen LogP) is 0.969. The molecule has 0 spiro atoms. The molecule has 0 aromatic heterocycles. The van der Waals surface area contributed by atoms with Crippen molar-refractivity contribution in [2.75, 3.05) is 12.5 Å². The van der Waals surface area contributed by atoms with Gasteiger partial charge in [-0.2, -0.15) is 0 Å². The lowest BCUT2D eigenvalue weighted by Crippen LogP contribution is -2.37. The van der Waals surface area contributed by atoms with Gasteiger partial charge in [-0.05, 0) is 12.5 Å². The number of rotatable bonds is 4. The molecule has 1 atom stereocenters. The summed E-state index contributed by atoms with van der Waals surface area (Å²) in [4.78, 5) is 0. The van der Waals surface area contributed by atoms with E-state index in [1.807, 2.05) is 0 Å². The molecule has 0 aliphatic heterocycles. The zero-order valence-corrected chi connectivity index (χ0v) is 11.5.